The molecule has 7 heteroatoms. The summed E-state index contributed by atoms with van der Waals surface area (Å²) in [6.45, 7) is 9.11. The Morgan fingerprint density at radius 1 is 1.00 bits per heavy atom. The van der Waals surface area contributed by atoms with Crippen LogP contribution in [0.25, 0.3) is 11.8 Å². The zero-order valence-corrected chi connectivity index (χ0v) is 21.8. The average Bonchev–Trinajstić information content (AvgIpc) is 3.29. The van der Waals surface area contributed by atoms with Gasteiger partial charge in [-0.15, -0.1) is 0 Å². The highest BCUT2D eigenvalue weighted by atomic mass is 32.2. The normalized spacial score (nSPS) is 16.7. The lowest BCUT2D eigenvalue weighted by molar-refractivity contribution is -0.136. The van der Waals surface area contributed by atoms with Crippen LogP contribution in [0, 0.1) is 27.7 Å². The lowest BCUT2D eigenvalue weighted by atomic mass is 10.00. The van der Waals surface area contributed by atoms with Crippen molar-refractivity contribution in [1.29, 1.82) is 0 Å². The van der Waals surface area contributed by atoms with Crippen LogP contribution in [-0.2, 0) is 22.6 Å². The summed E-state index contributed by atoms with van der Waals surface area (Å²) in [5.74, 6) is -0.617. The first-order chi connectivity index (χ1) is 17.2. The van der Waals surface area contributed by atoms with E-state index < -0.39 is 11.1 Å². The van der Waals surface area contributed by atoms with Crippen molar-refractivity contribution in [1.82, 2.24) is 14.4 Å². The maximum atomic E-state index is 13.1. The van der Waals surface area contributed by atoms with Crippen LogP contribution in [0.15, 0.2) is 53.4 Å². The van der Waals surface area contributed by atoms with E-state index in [1.54, 1.807) is 11.0 Å². The van der Waals surface area contributed by atoms with Gasteiger partial charge in [-0.2, -0.15) is 0 Å². The summed E-state index contributed by atoms with van der Waals surface area (Å²) in [6, 6.07) is 16.3. The maximum absolute atomic E-state index is 13.1. The molecule has 5 rings (SSSR count). The Bertz CT molecular complexity index is 1440. The third-order valence-electron chi connectivity index (χ3n) is 7.22. The molecule has 1 fully saturated rings. The number of imide groups is 1. The number of rotatable bonds is 4. The summed E-state index contributed by atoms with van der Waals surface area (Å²) in [6.07, 6.45) is 2.55. The van der Waals surface area contributed by atoms with Gasteiger partial charge >= 0.3 is 0 Å². The number of amides is 3. The van der Waals surface area contributed by atoms with Gasteiger partial charge in [0.2, 0.25) is 5.91 Å². The number of benzene rings is 2. The Morgan fingerprint density at radius 2 is 1.75 bits per heavy atom. The van der Waals surface area contributed by atoms with Crippen molar-refractivity contribution in [2.24, 2.45) is 0 Å². The van der Waals surface area contributed by atoms with Crippen LogP contribution < -0.4 is 0 Å². The topological polar surface area (TPSA) is 62.6 Å². The second kappa shape index (κ2) is 9.47. The number of carbonyl (C=O) groups excluding carboxylic acids is 3. The smallest absolute Gasteiger partial charge is 0.294 e. The molecule has 184 valence electrons. The van der Waals surface area contributed by atoms with E-state index in [4.69, 9.17) is 0 Å². The molecule has 0 radical (unpaired) electrons. The number of carbonyl (C=O) groups is 3. The van der Waals surface area contributed by atoms with Crippen LogP contribution >= 0.6 is 11.8 Å². The van der Waals surface area contributed by atoms with Crippen molar-refractivity contribution < 1.29 is 14.4 Å². The van der Waals surface area contributed by atoms with Crippen molar-refractivity contribution in [2.75, 3.05) is 13.1 Å². The highest BCUT2D eigenvalue weighted by molar-refractivity contribution is 8.18. The zero-order valence-electron chi connectivity index (χ0n) is 21.0. The molecule has 2 aromatic carbocycles. The molecule has 6 nitrogen and oxygen atoms in total. The fourth-order valence-corrected chi connectivity index (χ4v) is 5.83. The van der Waals surface area contributed by atoms with E-state index in [2.05, 4.69) is 36.6 Å². The Balaban J connectivity index is 1.35. The van der Waals surface area contributed by atoms with E-state index in [1.807, 2.05) is 44.2 Å². The monoisotopic (exact) mass is 499 g/mol. The van der Waals surface area contributed by atoms with Gasteiger partial charge in [0.05, 0.1) is 4.91 Å². The molecular weight excluding hydrogens is 470 g/mol. The molecule has 2 aliphatic rings. The number of aromatic nitrogens is 1. The van der Waals surface area contributed by atoms with Crippen LogP contribution in [0.2, 0.25) is 0 Å². The predicted molar refractivity (Wildman–Crippen MR) is 143 cm³/mol. The average molecular weight is 500 g/mol. The zero-order chi connectivity index (χ0) is 25.6. The highest BCUT2D eigenvalue weighted by Gasteiger charge is 2.37. The van der Waals surface area contributed by atoms with E-state index in [1.165, 1.54) is 16.7 Å². The van der Waals surface area contributed by atoms with Gasteiger partial charge < -0.3 is 9.47 Å². The SMILES string of the molecule is Cc1cccc(-n2c(C)cc(/C=C3\SC(=O)N(CC(=O)N4CCc5ccccc5C4)C3=O)c2C)c1C. The standard InChI is InChI=1S/C29H29N3O3S/c1-18-8-7-11-25(20(18)3)32-19(2)14-24(21(32)4)15-26-28(34)31(29(35)36-26)17-27(33)30-13-12-22-9-5-6-10-23(22)16-30/h5-11,14-15H,12-13,16-17H2,1-4H3/b26-15-. The number of hydrogen-bond acceptors (Lipinski definition) is 4. The quantitative estimate of drug-likeness (QED) is 0.455. The number of fused-ring (bicyclic) bond motifs is 1. The summed E-state index contributed by atoms with van der Waals surface area (Å²) in [5.41, 5.74) is 8.81. The Kier molecular flexibility index (Phi) is 6.35. The molecule has 0 saturated carbocycles. The van der Waals surface area contributed by atoms with E-state index in [0.717, 1.165) is 51.3 Å². The molecule has 0 spiro atoms. The summed E-state index contributed by atoms with van der Waals surface area (Å²) in [4.78, 5) is 42.0. The maximum Gasteiger partial charge on any atom is 0.294 e. The van der Waals surface area contributed by atoms with Gasteiger partial charge in [0.25, 0.3) is 11.1 Å². The molecule has 3 aromatic rings. The summed E-state index contributed by atoms with van der Waals surface area (Å²) in [7, 11) is 0. The molecule has 1 aromatic heterocycles. The molecule has 0 aliphatic carbocycles. The van der Waals surface area contributed by atoms with Crippen molar-refractivity contribution in [3.05, 3.63) is 92.6 Å². The fourth-order valence-electron chi connectivity index (χ4n) is 5.00. The molecule has 3 amide bonds. The van der Waals surface area contributed by atoms with Crippen LogP contribution in [-0.4, -0.2) is 44.5 Å². The predicted octanol–water partition coefficient (Wildman–Crippen LogP) is 5.33. The summed E-state index contributed by atoms with van der Waals surface area (Å²) in [5, 5.41) is -0.402. The van der Waals surface area contributed by atoms with Gasteiger partial charge in [-0.25, -0.2) is 0 Å². The number of thioether (sulfide) groups is 1. The van der Waals surface area contributed by atoms with Crippen molar-refractivity contribution in [3.63, 3.8) is 0 Å². The molecular formula is C29H29N3O3S. The van der Waals surface area contributed by atoms with Gasteiger partial charge in [-0.1, -0.05) is 36.4 Å². The van der Waals surface area contributed by atoms with Crippen LogP contribution in [0.5, 0.6) is 0 Å². The van der Waals surface area contributed by atoms with Crippen LogP contribution in [0.1, 0.15) is 39.2 Å². The van der Waals surface area contributed by atoms with Gasteiger partial charge in [0.1, 0.15) is 6.54 Å². The molecule has 0 unspecified atom stereocenters. The fraction of sp³-hybridized carbons (Fsp3) is 0.276. The molecule has 1 saturated heterocycles. The van der Waals surface area contributed by atoms with Gasteiger partial charge in [-0.05, 0) is 91.9 Å². The minimum Gasteiger partial charge on any atom is -0.336 e. The molecule has 0 bridgehead atoms. The van der Waals surface area contributed by atoms with Crippen LogP contribution in [0.3, 0.4) is 0 Å². The first kappa shape index (κ1) is 24.1. The lowest BCUT2D eigenvalue weighted by Crippen LogP contribution is -2.44. The number of aryl methyl sites for hydroxylation is 2. The first-order valence-electron chi connectivity index (χ1n) is 12.1. The summed E-state index contributed by atoms with van der Waals surface area (Å²) < 4.78 is 2.18. The van der Waals surface area contributed by atoms with Gasteiger partial charge in [0, 0.05) is 30.2 Å². The highest BCUT2D eigenvalue weighted by Crippen LogP contribution is 2.34. The number of hydrogen-bond donors (Lipinski definition) is 0. The van der Waals surface area contributed by atoms with Gasteiger partial charge in [0.15, 0.2) is 0 Å². The minimum atomic E-state index is -0.410. The molecule has 36 heavy (non-hydrogen) atoms. The molecule has 3 heterocycles. The molecule has 2 aliphatic heterocycles. The number of nitrogens with zero attached hydrogens (tertiary/aromatic N) is 3. The lowest BCUT2D eigenvalue weighted by Gasteiger charge is -2.29. The van der Waals surface area contributed by atoms with Crippen molar-refractivity contribution in [3.8, 4) is 5.69 Å². The van der Waals surface area contributed by atoms with Crippen molar-refractivity contribution in [2.45, 2.75) is 40.7 Å². The summed E-state index contributed by atoms with van der Waals surface area (Å²) >= 11 is 0.898. The third kappa shape index (κ3) is 4.28. The Hall–Kier alpha value is -3.58. The Morgan fingerprint density at radius 3 is 2.53 bits per heavy atom. The molecule has 0 N–H and O–H groups in total. The van der Waals surface area contributed by atoms with E-state index in [-0.39, 0.29) is 12.5 Å². The van der Waals surface area contributed by atoms with Crippen LogP contribution in [0.4, 0.5) is 4.79 Å². The van der Waals surface area contributed by atoms with Crippen molar-refractivity contribution >= 4 is 34.9 Å². The van der Waals surface area contributed by atoms with E-state index in [9.17, 15) is 14.4 Å². The van der Waals surface area contributed by atoms with E-state index >= 15 is 0 Å². The van der Waals surface area contributed by atoms with E-state index in [0.29, 0.717) is 18.0 Å². The second-order valence-corrected chi connectivity index (χ2v) is 10.5. The third-order valence-corrected chi connectivity index (χ3v) is 8.13. The Labute approximate surface area is 215 Å². The largest absolute Gasteiger partial charge is 0.336 e. The first-order valence-corrected chi connectivity index (χ1v) is 12.9. The second-order valence-electron chi connectivity index (χ2n) is 9.48. The minimum absolute atomic E-state index is 0.207. The van der Waals surface area contributed by atoms with Gasteiger partial charge in [-0.3, -0.25) is 19.3 Å². The molecule has 0 atom stereocenters.